The van der Waals surface area contributed by atoms with Gasteiger partial charge in [0.15, 0.2) is 6.23 Å². The van der Waals surface area contributed by atoms with Crippen molar-refractivity contribution < 1.29 is 4.74 Å². The van der Waals surface area contributed by atoms with E-state index in [2.05, 4.69) is 4.99 Å². The van der Waals surface area contributed by atoms with Gasteiger partial charge in [0.25, 0.3) is 0 Å². The first kappa shape index (κ1) is 4.37. The van der Waals surface area contributed by atoms with Crippen LogP contribution in [0.4, 0.5) is 0 Å². The molecule has 2 nitrogen and oxygen atoms in total. The summed E-state index contributed by atoms with van der Waals surface area (Å²) in [5.74, 6) is 0. The van der Waals surface area contributed by atoms with Crippen molar-refractivity contribution >= 4 is 6.21 Å². The monoisotopic (exact) mass is 97.1 g/mol. The normalized spacial score (nSPS) is 27.3. The van der Waals surface area contributed by atoms with Gasteiger partial charge in [0, 0.05) is 6.21 Å². The van der Waals surface area contributed by atoms with Crippen LogP contribution in [0.15, 0.2) is 17.3 Å². The highest BCUT2D eigenvalue weighted by molar-refractivity contribution is 5.71. The molecule has 0 amide bonds. The molecule has 0 aromatic rings. The van der Waals surface area contributed by atoms with E-state index in [1.165, 1.54) is 0 Å². The van der Waals surface area contributed by atoms with Crippen molar-refractivity contribution in [1.29, 1.82) is 0 Å². The second-order valence-electron chi connectivity index (χ2n) is 1.36. The summed E-state index contributed by atoms with van der Waals surface area (Å²) in [6.07, 6.45) is 5.15. The van der Waals surface area contributed by atoms with Crippen LogP contribution in [0, 0.1) is 0 Å². The van der Waals surface area contributed by atoms with Crippen LogP contribution < -0.4 is 0 Å². The Balaban J connectivity index is 2.49. The number of allylic oxidation sites excluding steroid dienone is 1. The topological polar surface area (TPSA) is 21.6 Å². The number of aliphatic imine (C=N–C) groups is 1. The molecule has 0 bridgehead atoms. The fraction of sp³-hybridized carbons (Fsp3) is 0.400. The molecule has 1 unspecified atom stereocenters. The first-order valence-corrected chi connectivity index (χ1v) is 2.23. The molecule has 7 heavy (non-hydrogen) atoms. The number of hydrogen-bond acceptors (Lipinski definition) is 2. The molecule has 0 aromatic heterocycles. The zero-order valence-corrected chi connectivity index (χ0v) is 4.16. The summed E-state index contributed by atoms with van der Waals surface area (Å²) in [6, 6.07) is 0. The van der Waals surface area contributed by atoms with E-state index in [4.69, 9.17) is 4.74 Å². The van der Waals surface area contributed by atoms with Crippen molar-refractivity contribution in [3.05, 3.63) is 12.3 Å². The summed E-state index contributed by atoms with van der Waals surface area (Å²) in [7, 11) is 0. The van der Waals surface area contributed by atoms with Crippen LogP contribution in [0.3, 0.4) is 0 Å². The average Bonchev–Trinajstić information content (AvgIpc) is 1.69. The van der Waals surface area contributed by atoms with Gasteiger partial charge in [0.1, 0.15) is 0 Å². The molecule has 0 aliphatic carbocycles. The molecule has 0 aromatic carbocycles. The molecule has 0 spiro atoms. The summed E-state index contributed by atoms with van der Waals surface area (Å²) >= 11 is 0. The number of hydrogen-bond donors (Lipinski definition) is 0. The third kappa shape index (κ3) is 1.03. The van der Waals surface area contributed by atoms with Crippen LogP contribution >= 0.6 is 0 Å². The van der Waals surface area contributed by atoms with Crippen LogP contribution in [-0.2, 0) is 4.74 Å². The Morgan fingerprint density at radius 3 is 2.86 bits per heavy atom. The minimum absolute atomic E-state index is 0.0185. The van der Waals surface area contributed by atoms with E-state index in [1.807, 2.05) is 6.92 Å². The Morgan fingerprint density at radius 2 is 2.57 bits per heavy atom. The Kier molecular flexibility index (Phi) is 1.11. The molecule has 1 aliphatic rings. The van der Waals surface area contributed by atoms with Gasteiger partial charge in [-0.05, 0) is 13.0 Å². The number of nitrogens with zero attached hydrogens (tertiary/aromatic N) is 1. The molecule has 1 atom stereocenters. The minimum Gasteiger partial charge on any atom is -0.477 e. The molecule has 0 radical (unpaired) electrons. The van der Waals surface area contributed by atoms with E-state index < -0.39 is 0 Å². The fourth-order valence-electron chi connectivity index (χ4n) is 0.400. The molecule has 1 aliphatic heterocycles. The fourth-order valence-corrected chi connectivity index (χ4v) is 0.400. The standard InChI is InChI=1S/C5H7NO/c1-5-6-3-2-4-7-5/h2-5H,1H3. The van der Waals surface area contributed by atoms with E-state index in [0.29, 0.717) is 0 Å². The summed E-state index contributed by atoms with van der Waals surface area (Å²) in [5.41, 5.74) is 0. The van der Waals surface area contributed by atoms with Crippen LogP contribution in [0.5, 0.6) is 0 Å². The Hall–Kier alpha value is -0.790. The smallest absolute Gasteiger partial charge is 0.185 e. The van der Waals surface area contributed by atoms with E-state index in [0.717, 1.165) is 0 Å². The van der Waals surface area contributed by atoms with Crippen LogP contribution in [-0.4, -0.2) is 12.4 Å². The predicted octanol–water partition coefficient (Wildman–Crippen LogP) is 0.947. The van der Waals surface area contributed by atoms with E-state index >= 15 is 0 Å². The Labute approximate surface area is 42.5 Å². The lowest BCUT2D eigenvalue weighted by Crippen LogP contribution is -2.02. The molecule has 0 N–H and O–H groups in total. The number of ether oxygens (including phenoxy) is 1. The minimum atomic E-state index is 0.0185. The molecule has 38 valence electrons. The van der Waals surface area contributed by atoms with Gasteiger partial charge in [0.2, 0.25) is 0 Å². The van der Waals surface area contributed by atoms with Crippen molar-refractivity contribution in [3.8, 4) is 0 Å². The van der Waals surface area contributed by atoms with Gasteiger partial charge in [-0.1, -0.05) is 0 Å². The average molecular weight is 97.1 g/mol. The molecular formula is C5H7NO. The van der Waals surface area contributed by atoms with Crippen molar-refractivity contribution in [2.45, 2.75) is 13.2 Å². The second kappa shape index (κ2) is 1.78. The van der Waals surface area contributed by atoms with Gasteiger partial charge in [-0.3, -0.25) is 4.99 Å². The van der Waals surface area contributed by atoms with Crippen LogP contribution in [0.2, 0.25) is 0 Å². The molecule has 1 rings (SSSR count). The lowest BCUT2D eigenvalue weighted by Gasteiger charge is -2.06. The molecule has 0 saturated heterocycles. The quantitative estimate of drug-likeness (QED) is 0.441. The summed E-state index contributed by atoms with van der Waals surface area (Å²) in [6.45, 7) is 1.89. The van der Waals surface area contributed by atoms with Gasteiger partial charge in [0.05, 0.1) is 6.26 Å². The zero-order valence-electron chi connectivity index (χ0n) is 4.16. The zero-order chi connectivity index (χ0) is 5.11. The van der Waals surface area contributed by atoms with Gasteiger partial charge in [-0.15, -0.1) is 0 Å². The molecule has 0 fully saturated rings. The molecule has 0 saturated carbocycles. The maximum Gasteiger partial charge on any atom is 0.185 e. The predicted molar refractivity (Wildman–Crippen MR) is 28.2 cm³/mol. The van der Waals surface area contributed by atoms with E-state index in [9.17, 15) is 0 Å². The maximum absolute atomic E-state index is 4.90. The van der Waals surface area contributed by atoms with Gasteiger partial charge >= 0.3 is 0 Å². The van der Waals surface area contributed by atoms with E-state index in [1.54, 1.807) is 18.6 Å². The third-order valence-electron chi connectivity index (χ3n) is 0.736. The highest BCUT2D eigenvalue weighted by atomic mass is 16.5. The van der Waals surface area contributed by atoms with Gasteiger partial charge in [-0.2, -0.15) is 0 Å². The lowest BCUT2D eigenvalue weighted by atomic mass is 10.6. The summed E-state index contributed by atoms with van der Waals surface area (Å²) < 4.78 is 4.90. The van der Waals surface area contributed by atoms with Crippen LogP contribution in [0.1, 0.15) is 6.92 Å². The SMILES string of the molecule is CC1N=CC=CO1. The van der Waals surface area contributed by atoms with E-state index in [-0.39, 0.29) is 6.23 Å². The lowest BCUT2D eigenvalue weighted by molar-refractivity contribution is 0.168. The van der Waals surface area contributed by atoms with Crippen LogP contribution in [0.25, 0.3) is 0 Å². The largest absolute Gasteiger partial charge is 0.477 e. The van der Waals surface area contributed by atoms with Crippen molar-refractivity contribution in [2.24, 2.45) is 4.99 Å². The summed E-state index contributed by atoms with van der Waals surface area (Å²) in [5, 5.41) is 0. The second-order valence-corrected chi connectivity index (χ2v) is 1.36. The number of rotatable bonds is 0. The Morgan fingerprint density at radius 1 is 1.71 bits per heavy atom. The van der Waals surface area contributed by atoms with Crippen molar-refractivity contribution in [2.75, 3.05) is 0 Å². The first-order valence-electron chi connectivity index (χ1n) is 2.23. The first-order chi connectivity index (χ1) is 3.39. The molecule has 1 heterocycles. The maximum atomic E-state index is 4.90. The highest BCUT2D eigenvalue weighted by Crippen LogP contribution is 1.95. The summed E-state index contributed by atoms with van der Waals surface area (Å²) in [4.78, 5) is 3.90. The van der Waals surface area contributed by atoms with Gasteiger partial charge < -0.3 is 4.74 Å². The molecular weight excluding hydrogens is 90.1 g/mol. The Bertz CT molecular complexity index is 107. The molecule has 2 heteroatoms. The van der Waals surface area contributed by atoms with Gasteiger partial charge in [-0.25, -0.2) is 0 Å². The highest BCUT2D eigenvalue weighted by Gasteiger charge is 1.93. The van der Waals surface area contributed by atoms with Crippen molar-refractivity contribution in [3.63, 3.8) is 0 Å². The third-order valence-corrected chi connectivity index (χ3v) is 0.736. The van der Waals surface area contributed by atoms with Crippen molar-refractivity contribution in [1.82, 2.24) is 0 Å².